The van der Waals surface area contributed by atoms with Gasteiger partial charge in [-0.25, -0.2) is 4.57 Å². The normalized spacial score (nSPS) is 13.5. The van der Waals surface area contributed by atoms with Crippen molar-refractivity contribution >= 4 is 17.8 Å². The molecule has 0 atom stereocenters. The van der Waals surface area contributed by atoms with Crippen molar-refractivity contribution in [1.29, 1.82) is 0 Å². The third kappa shape index (κ3) is 2.23. The summed E-state index contributed by atoms with van der Waals surface area (Å²) < 4.78 is 1.26. The number of nitro groups is 1. The van der Waals surface area contributed by atoms with Crippen molar-refractivity contribution < 1.29 is 19.3 Å². The fourth-order valence-electron chi connectivity index (χ4n) is 2.16. The molecule has 9 nitrogen and oxygen atoms in total. The number of amides is 2. The smallest absolute Gasteiger partial charge is 0.390 e. The SMILES string of the molecule is O=C1c2ccccc2C(=O)N1OCCn1ccnc1[N+](=O)[O-]. The van der Waals surface area contributed by atoms with Gasteiger partial charge in [0.25, 0.3) is 11.8 Å². The maximum atomic E-state index is 12.0. The first-order valence-corrected chi connectivity index (χ1v) is 6.36. The highest BCUT2D eigenvalue weighted by atomic mass is 16.7. The molecule has 0 unspecified atom stereocenters. The van der Waals surface area contributed by atoms with Crippen molar-refractivity contribution in [2.24, 2.45) is 0 Å². The highest BCUT2D eigenvalue weighted by Gasteiger charge is 2.36. The van der Waals surface area contributed by atoms with Gasteiger partial charge in [-0.05, 0) is 17.1 Å². The van der Waals surface area contributed by atoms with Crippen molar-refractivity contribution in [1.82, 2.24) is 14.6 Å². The number of fused-ring (bicyclic) bond motifs is 1. The van der Waals surface area contributed by atoms with E-state index >= 15 is 0 Å². The number of hydrogen-bond acceptors (Lipinski definition) is 6. The summed E-state index contributed by atoms with van der Waals surface area (Å²) in [5.74, 6) is -1.41. The lowest BCUT2D eigenvalue weighted by molar-refractivity contribution is -0.396. The summed E-state index contributed by atoms with van der Waals surface area (Å²) in [6.07, 6.45) is 2.71. The number of carbonyl (C=O) groups excluding carboxylic acids is 2. The molecule has 9 heteroatoms. The van der Waals surface area contributed by atoms with E-state index in [2.05, 4.69) is 4.98 Å². The Kier molecular flexibility index (Phi) is 3.39. The van der Waals surface area contributed by atoms with E-state index in [0.717, 1.165) is 0 Å². The monoisotopic (exact) mass is 302 g/mol. The summed E-state index contributed by atoms with van der Waals surface area (Å²) in [4.78, 5) is 42.9. The predicted molar refractivity (Wildman–Crippen MR) is 71.8 cm³/mol. The Balaban J connectivity index is 1.66. The minimum absolute atomic E-state index is 0.0807. The molecule has 0 bridgehead atoms. The van der Waals surface area contributed by atoms with Crippen molar-refractivity contribution in [3.8, 4) is 0 Å². The number of aromatic nitrogens is 2. The molecule has 0 N–H and O–H groups in total. The molecule has 1 aromatic heterocycles. The lowest BCUT2D eigenvalue weighted by Crippen LogP contribution is -2.31. The van der Waals surface area contributed by atoms with Crippen LogP contribution in [-0.2, 0) is 11.4 Å². The molecule has 2 aromatic rings. The zero-order chi connectivity index (χ0) is 15.7. The van der Waals surface area contributed by atoms with Crippen molar-refractivity contribution in [3.05, 3.63) is 57.9 Å². The third-order valence-electron chi connectivity index (χ3n) is 3.17. The number of benzene rings is 1. The lowest BCUT2D eigenvalue weighted by atomic mass is 10.1. The van der Waals surface area contributed by atoms with Crippen LogP contribution in [0, 0.1) is 10.1 Å². The highest BCUT2D eigenvalue weighted by molar-refractivity contribution is 6.20. The predicted octanol–water partition coefficient (Wildman–Crippen LogP) is 1.02. The largest absolute Gasteiger partial charge is 0.434 e. The molecule has 2 heterocycles. The summed E-state index contributed by atoms with van der Waals surface area (Å²) in [5.41, 5.74) is 0.558. The molecule has 2 amide bonds. The first kappa shape index (κ1) is 13.9. The van der Waals surface area contributed by atoms with E-state index in [1.807, 2.05) is 0 Å². The Labute approximate surface area is 123 Å². The standard InChI is InChI=1S/C13H10N4O5/c18-11-9-3-1-2-4-10(9)12(19)16(11)22-8-7-15-6-5-14-13(15)17(20)21/h1-6H,7-8H2. The minimum atomic E-state index is -0.623. The van der Waals surface area contributed by atoms with E-state index in [0.29, 0.717) is 5.06 Å². The molecule has 1 aliphatic rings. The number of hydrogen-bond donors (Lipinski definition) is 0. The molecule has 1 aliphatic heterocycles. The summed E-state index contributed by atoms with van der Waals surface area (Å²) in [5, 5.41) is 11.4. The van der Waals surface area contributed by atoms with Crippen LogP contribution in [0.1, 0.15) is 20.7 Å². The van der Waals surface area contributed by atoms with Crippen LogP contribution in [0.3, 0.4) is 0 Å². The van der Waals surface area contributed by atoms with Gasteiger partial charge < -0.3 is 10.1 Å². The van der Waals surface area contributed by atoms with Crippen LogP contribution in [0.15, 0.2) is 36.7 Å². The summed E-state index contributed by atoms with van der Waals surface area (Å²) in [7, 11) is 0. The maximum Gasteiger partial charge on any atom is 0.434 e. The van der Waals surface area contributed by atoms with Crippen molar-refractivity contribution in [2.75, 3.05) is 6.61 Å². The first-order chi connectivity index (χ1) is 10.6. The van der Waals surface area contributed by atoms with Gasteiger partial charge in [-0.15, -0.1) is 5.06 Å². The molecule has 0 saturated heterocycles. The number of nitrogens with zero attached hydrogens (tertiary/aromatic N) is 4. The van der Waals surface area contributed by atoms with Gasteiger partial charge in [0.05, 0.1) is 17.7 Å². The lowest BCUT2D eigenvalue weighted by Gasteiger charge is -2.12. The molecule has 112 valence electrons. The second-order valence-electron chi connectivity index (χ2n) is 4.46. The number of hydroxylamine groups is 2. The summed E-state index contributed by atoms with van der Waals surface area (Å²) >= 11 is 0. The maximum absolute atomic E-state index is 12.0. The van der Waals surface area contributed by atoms with E-state index in [-0.39, 0.29) is 30.2 Å². The fourth-order valence-corrected chi connectivity index (χ4v) is 2.16. The molecule has 0 fully saturated rings. The van der Waals surface area contributed by atoms with Gasteiger partial charge in [-0.1, -0.05) is 17.1 Å². The topological polar surface area (TPSA) is 108 Å². The average Bonchev–Trinajstić information content (AvgIpc) is 3.07. The van der Waals surface area contributed by atoms with Crippen LogP contribution in [0.4, 0.5) is 5.95 Å². The van der Waals surface area contributed by atoms with Gasteiger partial charge in [0, 0.05) is 0 Å². The molecule has 0 saturated carbocycles. The van der Waals surface area contributed by atoms with E-state index in [4.69, 9.17) is 4.84 Å². The number of imide groups is 1. The highest BCUT2D eigenvalue weighted by Crippen LogP contribution is 2.22. The number of rotatable bonds is 5. The van der Waals surface area contributed by atoms with Gasteiger partial charge in [-0.2, -0.15) is 0 Å². The number of carbonyl (C=O) groups is 2. The Morgan fingerprint density at radius 2 is 1.82 bits per heavy atom. The van der Waals surface area contributed by atoms with Gasteiger partial charge in [-0.3, -0.25) is 14.4 Å². The zero-order valence-corrected chi connectivity index (χ0v) is 11.2. The van der Waals surface area contributed by atoms with Crippen LogP contribution in [0.5, 0.6) is 0 Å². The van der Waals surface area contributed by atoms with E-state index in [9.17, 15) is 19.7 Å². The van der Waals surface area contributed by atoms with Crippen molar-refractivity contribution in [2.45, 2.75) is 6.54 Å². The quantitative estimate of drug-likeness (QED) is 0.463. The molecule has 0 spiro atoms. The van der Waals surface area contributed by atoms with Crippen LogP contribution in [0.25, 0.3) is 0 Å². The summed E-state index contributed by atoms with van der Waals surface area (Å²) in [6, 6.07) is 6.39. The molecular formula is C13H10N4O5. The Morgan fingerprint density at radius 1 is 1.18 bits per heavy atom. The Morgan fingerprint density at radius 3 is 2.41 bits per heavy atom. The van der Waals surface area contributed by atoms with E-state index in [1.54, 1.807) is 24.3 Å². The van der Waals surface area contributed by atoms with Crippen LogP contribution in [0.2, 0.25) is 0 Å². The van der Waals surface area contributed by atoms with Crippen LogP contribution >= 0.6 is 0 Å². The van der Waals surface area contributed by atoms with Crippen LogP contribution in [-0.4, -0.2) is 38.0 Å². The third-order valence-corrected chi connectivity index (χ3v) is 3.17. The average molecular weight is 302 g/mol. The molecule has 1 aromatic carbocycles. The van der Waals surface area contributed by atoms with Gasteiger partial charge >= 0.3 is 5.95 Å². The van der Waals surface area contributed by atoms with Crippen molar-refractivity contribution in [3.63, 3.8) is 0 Å². The Bertz CT molecular complexity index is 734. The zero-order valence-electron chi connectivity index (χ0n) is 11.2. The molecular weight excluding hydrogens is 292 g/mol. The molecule has 0 radical (unpaired) electrons. The van der Waals surface area contributed by atoms with E-state index in [1.165, 1.54) is 17.0 Å². The molecule has 3 rings (SSSR count). The second-order valence-corrected chi connectivity index (χ2v) is 4.46. The van der Waals surface area contributed by atoms with Crippen LogP contribution < -0.4 is 0 Å². The van der Waals surface area contributed by atoms with Gasteiger partial charge in [0.2, 0.25) is 0 Å². The number of imidazole rings is 1. The first-order valence-electron chi connectivity index (χ1n) is 6.36. The fraction of sp³-hybridized carbons (Fsp3) is 0.154. The van der Waals surface area contributed by atoms with Gasteiger partial charge in [0.1, 0.15) is 19.0 Å². The summed E-state index contributed by atoms with van der Waals surface area (Å²) in [6.45, 7) is 0.00634. The Hall–Kier alpha value is -3.07. The van der Waals surface area contributed by atoms with E-state index < -0.39 is 16.7 Å². The molecule has 22 heavy (non-hydrogen) atoms. The van der Waals surface area contributed by atoms with Gasteiger partial charge in [0.15, 0.2) is 0 Å². The minimum Gasteiger partial charge on any atom is -0.390 e. The molecule has 0 aliphatic carbocycles. The second kappa shape index (κ2) is 5.37.